The van der Waals surface area contributed by atoms with E-state index >= 15 is 0 Å². The molecule has 0 aliphatic carbocycles. The molecule has 0 aliphatic rings. The van der Waals surface area contributed by atoms with E-state index in [1.807, 2.05) is 22.6 Å². The summed E-state index contributed by atoms with van der Waals surface area (Å²) in [4.78, 5) is 11.6. The van der Waals surface area contributed by atoms with Crippen molar-refractivity contribution in [3.8, 4) is 0 Å². The highest BCUT2D eigenvalue weighted by Crippen LogP contribution is 2.25. The van der Waals surface area contributed by atoms with Crippen LogP contribution in [0.2, 0.25) is 0 Å². The van der Waals surface area contributed by atoms with Crippen molar-refractivity contribution in [1.82, 2.24) is 4.31 Å². The van der Waals surface area contributed by atoms with E-state index in [4.69, 9.17) is 0 Å². The van der Waals surface area contributed by atoms with Gasteiger partial charge in [0.05, 0.1) is 12.7 Å². The Morgan fingerprint density at radius 1 is 1.53 bits per heavy atom. The number of benzene rings is 1. The standard InChI is InChI=1S/C12H14INO4S/c1-4-8-14(2)19(16,17)11-9(12(15)18-3)6-5-7-10(11)13/h4-7H,1,8H2,2-3H3. The molecule has 0 radical (unpaired) electrons. The first-order valence-corrected chi connectivity index (χ1v) is 7.82. The van der Waals surface area contributed by atoms with Gasteiger partial charge in [0, 0.05) is 17.2 Å². The zero-order chi connectivity index (χ0) is 14.6. The van der Waals surface area contributed by atoms with Gasteiger partial charge in [-0.15, -0.1) is 6.58 Å². The van der Waals surface area contributed by atoms with Crippen LogP contribution in [0.5, 0.6) is 0 Å². The molecule has 0 spiro atoms. The van der Waals surface area contributed by atoms with Crippen LogP contribution in [0.4, 0.5) is 0 Å². The van der Waals surface area contributed by atoms with Crippen LogP contribution in [0.3, 0.4) is 0 Å². The van der Waals surface area contributed by atoms with Gasteiger partial charge in [-0.3, -0.25) is 0 Å². The third-order valence-corrected chi connectivity index (χ3v) is 5.62. The zero-order valence-electron chi connectivity index (χ0n) is 10.6. The Labute approximate surface area is 126 Å². The number of esters is 1. The number of rotatable bonds is 5. The van der Waals surface area contributed by atoms with Crippen LogP contribution >= 0.6 is 22.6 Å². The number of ether oxygens (including phenoxy) is 1. The van der Waals surface area contributed by atoms with Crippen LogP contribution in [0, 0.1) is 3.57 Å². The van der Waals surface area contributed by atoms with E-state index in [-0.39, 0.29) is 17.0 Å². The normalized spacial score (nSPS) is 11.4. The van der Waals surface area contributed by atoms with Gasteiger partial charge in [0.25, 0.3) is 0 Å². The van der Waals surface area contributed by atoms with E-state index < -0.39 is 16.0 Å². The lowest BCUT2D eigenvalue weighted by atomic mass is 10.2. The number of methoxy groups -OCH3 is 1. The number of nitrogens with zero attached hydrogens (tertiary/aromatic N) is 1. The third kappa shape index (κ3) is 3.34. The first-order chi connectivity index (χ1) is 8.86. The van der Waals surface area contributed by atoms with Crippen LogP contribution in [-0.2, 0) is 14.8 Å². The first-order valence-electron chi connectivity index (χ1n) is 5.30. The Hall–Kier alpha value is -0.930. The summed E-state index contributed by atoms with van der Waals surface area (Å²) in [6.07, 6.45) is 1.48. The van der Waals surface area contributed by atoms with Crippen LogP contribution in [0.1, 0.15) is 10.4 Å². The molecule has 0 atom stereocenters. The average molecular weight is 395 g/mol. The highest BCUT2D eigenvalue weighted by Gasteiger charge is 2.28. The number of halogens is 1. The number of carbonyl (C=O) groups excluding carboxylic acids is 1. The van der Waals surface area contributed by atoms with Crippen LogP contribution < -0.4 is 0 Å². The second kappa shape index (κ2) is 6.49. The second-order valence-corrected chi connectivity index (χ2v) is 6.83. The lowest BCUT2D eigenvalue weighted by molar-refractivity contribution is 0.0596. The Morgan fingerprint density at radius 2 is 2.16 bits per heavy atom. The smallest absolute Gasteiger partial charge is 0.339 e. The predicted molar refractivity (Wildman–Crippen MR) is 80.5 cm³/mol. The molecule has 0 amide bonds. The Morgan fingerprint density at radius 3 is 2.68 bits per heavy atom. The molecule has 7 heteroatoms. The number of carbonyl (C=O) groups is 1. The highest BCUT2D eigenvalue weighted by atomic mass is 127. The molecule has 5 nitrogen and oxygen atoms in total. The summed E-state index contributed by atoms with van der Waals surface area (Å²) in [5.74, 6) is -0.677. The van der Waals surface area contributed by atoms with Crippen molar-refractivity contribution in [3.05, 3.63) is 40.0 Å². The van der Waals surface area contributed by atoms with Crippen LogP contribution in [0.15, 0.2) is 35.7 Å². The Kier molecular flexibility index (Phi) is 5.50. The quantitative estimate of drug-likeness (QED) is 0.434. The second-order valence-electron chi connectivity index (χ2n) is 3.68. The van der Waals surface area contributed by atoms with Crippen LogP contribution in [0.25, 0.3) is 0 Å². The van der Waals surface area contributed by atoms with Crippen molar-refractivity contribution in [3.63, 3.8) is 0 Å². The van der Waals surface area contributed by atoms with E-state index in [0.29, 0.717) is 3.57 Å². The largest absolute Gasteiger partial charge is 0.465 e. The van der Waals surface area contributed by atoms with Crippen molar-refractivity contribution < 1.29 is 17.9 Å². The zero-order valence-corrected chi connectivity index (χ0v) is 13.6. The van der Waals surface area contributed by atoms with Gasteiger partial charge in [0.1, 0.15) is 4.90 Å². The summed E-state index contributed by atoms with van der Waals surface area (Å²) in [7, 11) is -1.12. The van der Waals surface area contributed by atoms with Gasteiger partial charge < -0.3 is 4.74 Å². The molecule has 19 heavy (non-hydrogen) atoms. The fraction of sp³-hybridized carbons (Fsp3) is 0.250. The summed E-state index contributed by atoms with van der Waals surface area (Å²) < 4.78 is 31.1. The molecule has 1 aromatic rings. The lowest BCUT2D eigenvalue weighted by Crippen LogP contribution is -2.29. The van der Waals surface area contributed by atoms with Crippen LogP contribution in [-0.4, -0.2) is 39.4 Å². The van der Waals surface area contributed by atoms with E-state index in [0.717, 1.165) is 4.31 Å². The van der Waals surface area contributed by atoms with E-state index in [1.54, 1.807) is 12.1 Å². The molecule has 0 unspecified atom stereocenters. The molecule has 0 aliphatic heterocycles. The Balaban J connectivity index is 3.49. The maximum atomic E-state index is 12.4. The van der Waals surface area contributed by atoms with E-state index in [1.165, 1.54) is 26.3 Å². The maximum Gasteiger partial charge on any atom is 0.339 e. The fourth-order valence-corrected chi connectivity index (χ4v) is 4.17. The predicted octanol–water partition coefficient (Wildman–Crippen LogP) is 1.88. The van der Waals surface area contributed by atoms with Gasteiger partial charge in [-0.25, -0.2) is 13.2 Å². The SMILES string of the molecule is C=CCN(C)S(=O)(=O)c1c(I)cccc1C(=O)OC. The minimum Gasteiger partial charge on any atom is -0.465 e. The minimum absolute atomic E-state index is 0.0327. The summed E-state index contributed by atoms with van der Waals surface area (Å²) in [6, 6.07) is 4.67. The number of hydrogen-bond donors (Lipinski definition) is 0. The Bertz CT molecular complexity index is 598. The van der Waals surface area contributed by atoms with Gasteiger partial charge in [-0.1, -0.05) is 12.1 Å². The molecule has 0 N–H and O–H groups in total. The molecule has 1 aromatic carbocycles. The van der Waals surface area contributed by atoms with Crippen molar-refractivity contribution >= 4 is 38.6 Å². The van der Waals surface area contributed by atoms with Crippen molar-refractivity contribution in [2.45, 2.75) is 4.90 Å². The molecular weight excluding hydrogens is 381 g/mol. The van der Waals surface area contributed by atoms with Crippen molar-refractivity contribution in [1.29, 1.82) is 0 Å². The van der Waals surface area contributed by atoms with E-state index in [2.05, 4.69) is 11.3 Å². The van der Waals surface area contributed by atoms with Gasteiger partial charge in [-0.05, 0) is 34.7 Å². The number of hydrogen-bond acceptors (Lipinski definition) is 4. The van der Waals surface area contributed by atoms with Gasteiger partial charge in [0.2, 0.25) is 10.0 Å². The first kappa shape index (κ1) is 16.1. The highest BCUT2D eigenvalue weighted by molar-refractivity contribution is 14.1. The number of sulfonamides is 1. The summed E-state index contributed by atoms with van der Waals surface area (Å²) >= 11 is 1.88. The molecule has 104 valence electrons. The third-order valence-electron chi connectivity index (χ3n) is 2.43. The van der Waals surface area contributed by atoms with Gasteiger partial charge in [0.15, 0.2) is 0 Å². The fourth-order valence-electron chi connectivity index (χ4n) is 1.48. The molecule has 0 fully saturated rings. The maximum absolute atomic E-state index is 12.4. The summed E-state index contributed by atoms with van der Waals surface area (Å²) in [5, 5.41) is 0. The van der Waals surface area contributed by atoms with Crippen molar-refractivity contribution in [2.75, 3.05) is 20.7 Å². The van der Waals surface area contributed by atoms with Crippen molar-refractivity contribution in [2.24, 2.45) is 0 Å². The molecule has 0 heterocycles. The molecular formula is C12H14INO4S. The number of likely N-dealkylation sites (N-methyl/N-ethyl adjacent to an activating group) is 1. The lowest BCUT2D eigenvalue weighted by Gasteiger charge is -2.18. The van der Waals surface area contributed by atoms with Gasteiger partial charge in [-0.2, -0.15) is 4.31 Å². The molecule has 1 rings (SSSR count). The average Bonchev–Trinajstić information content (AvgIpc) is 2.37. The molecule has 0 bridgehead atoms. The summed E-state index contributed by atoms with van der Waals surface area (Å²) in [5.41, 5.74) is 0.0327. The molecule has 0 saturated heterocycles. The molecule has 0 aromatic heterocycles. The monoisotopic (exact) mass is 395 g/mol. The molecule has 0 saturated carbocycles. The minimum atomic E-state index is -3.76. The van der Waals surface area contributed by atoms with Gasteiger partial charge >= 0.3 is 5.97 Å². The van der Waals surface area contributed by atoms with E-state index in [9.17, 15) is 13.2 Å². The summed E-state index contributed by atoms with van der Waals surface area (Å²) in [6.45, 7) is 3.66. The topological polar surface area (TPSA) is 63.7 Å².